The van der Waals surface area contributed by atoms with Crippen molar-refractivity contribution in [1.82, 2.24) is 5.32 Å². The van der Waals surface area contributed by atoms with Crippen LogP contribution < -0.4 is 5.32 Å². The molecule has 0 aromatic rings. The number of nitrogens with one attached hydrogen (secondary N) is 1. The Balaban J connectivity index is 1.89. The van der Waals surface area contributed by atoms with Crippen LogP contribution in [0.5, 0.6) is 0 Å². The first-order chi connectivity index (χ1) is 3.90. The Hall–Kier alpha value is -0.0400. The summed E-state index contributed by atoms with van der Waals surface area (Å²) in [6.07, 6.45) is 4.25. The number of rotatable bonds is 1. The predicted molar refractivity (Wildman–Crippen MR) is 33.7 cm³/mol. The van der Waals surface area contributed by atoms with Gasteiger partial charge in [0.05, 0.1) is 0 Å². The fraction of sp³-hybridized carbons (Fsp3) is 1.00. The van der Waals surface area contributed by atoms with Gasteiger partial charge < -0.3 is 5.32 Å². The van der Waals surface area contributed by atoms with Gasteiger partial charge in [-0.15, -0.1) is 0 Å². The van der Waals surface area contributed by atoms with E-state index >= 15 is 0 Å². The van der Waals surface area contributed by atoms with E-state index in [1.165, 1.54) is 19.3 Å². The number of fused-ring (bicyclic) bond motifs is 1. The highest BCUT2D eigenvalue weighted by Gasteiger charge is 2.44. The van der Waals surface area contributed by atoms with Crippen molar-refractivity contribution < 1.29 is 0 Å². The second-order valence-corrected chi connectivity index (χ2v) is 3.11. The van der Waals surface area contributed by atoms with Gasteiger partial charge in [-0.2, -0.15) is 0 Å². The Labute approximate surface area is 50.5 Å². The lowest BCUT2D eigenvalue weighted by Crippen LogP contribution is -2.24. The first-order valence-corrected chi connectivity index (χ1v) is 3.66. The van der Waals surface area contributed by atoms with Crippen LogP contribution in [0.25, 0.3) is 0 Å². The maximum Gasteiger partial charge on any atom is 0.0102 e. The van der Waals surface area contributed by atoms with Crippen LogP contribution in [-0.4, -0.2) is 12.1 Å². The van der Waals surface area contributed by atoms with Gasteiger partial charge in [-0.05, 0) is 25.2 Å². The summed E-state index contributed by atoms with van der Waals surface area (Å²) >= 11 is 0. The average molecular weight is 111 g/mol. The lowest BCUT2D eigenvalue weighted by atomic mass is 10.1. The van der Waals surface area contributed by atoms with Gasteiger partial charge in [-0.3, -0.25) is 0 Å². The molecule has 1 heterocycles. The topological polar surface area (TPSA) is 12.0 Å². The minimum absolute atomic E-state index is 0.874. The Morgan fingerprint density at radius 3 is 2.75 bits per heavy atom. The molecule has 2 aliphatic rings. The van der Waals surface area contributed by atoms with Gasteiger partial charge in [0.15, 0.2) is 0 Å². The Morgan fingerprint density at radius 2 is 2.38 bits per heavy atom. The van der Waals surface area contributed by atoms with Gasteiger partial charge in [0.2, 0.25) is 0 Å². The molecule has 0 amide bonds. The van der Waals surface area contributed by atoms with Crippen LogP contribution in [0.2, 0.25) is 0 Å². The molecule has 1 unspecified atom stereocenters. The van der Waals surface area contributed by atoms with Gasteiger partial charge in [-0.1, -0.05) is 6.92 Å². The van der Waals surface area contributed by atoms with Gasteiger partial charge in [0.25, 0.3) is 0 Å². The van der Waals surface area contributed by atoms with Crippen molar-refractivity contribution in [3.63, 3.8) is 0 Å². The van der Waals surface area contributed by atoms with Crippen molar-refractivity contribution in [2.75, 3.05) is 0 Å². The molecule has 0 radical (unpaired) electrons. The maximum atomic E-state index is 3.58. The molecule has 1 aliphatic carbocycles. The molecule has 1 nitrogen and oxygen atoms in total. The third-order valence-electron chi connectivity index (χ3n) is 2.45. The highest BCUT2D eigenvalue weighted by molar-refractivity contribution is 5.02. The van der Waals surface area contributed by atoms with E-state index in [1.807, 2.05) is 0 Å². The number of hydrogen-bond donors (Lipinski definition) is 1. The van der Waals surface area contributed by atoms with Crippen molar-refractivity contribution in [2.45, 2.75) is 38.3 Å². The highest BCUT2D eigenvalue weighted by atomic mass is 15.0. The van der Waals surface area contributed by atoms with Crippen LogP contribution in [0.15, 0.2) is 0 Å². The Kier molecular flexibility index (Phi) is 0.884. The first-order valence-electron chi connectivity index (χ1n) is 3.66. The van der Waals surface area contributed by atoms with Crippen LogP contribution in [0, 0.1) is 5.92 Å². The van der Waals surface area contributed by atoms with E-state index in [2.05, 4.69) is 12.2 Å². The van der Waals surface area contributed by atoms with Gasteiger partial charge in [-0.25, -0.2) is 0 Å². The summed E-state index contributed by atoms with van der Waals surface area (Å²) in [7, 11) is 0. The van der Waals surface area contributed by atoms with Crippen LogP contribution >= 0.6 is 0 Å². The molecule has 1 saturated carbocycles. The molecular weight excluding hydrogens is 98.1 g/mol. The minimum Gasteiger partial charge on any atom is -0.311 e. The van der Waals surface area contributed by atoms with E-state index in [0.717, 1.165) is 18.0 Å². The second kappa shape index (κ2) is 1.47. The Bertz CT molecular complexity index is 90.6. The summed E-state index contributed by atoms with van der Waals surface area (Å²) in [6.45, 7) is 2.27. The van der Waals surface area contributed by atoms with Crippen molar-refractivity contribution >= 4 is 0 Å². The van der Waals surface area contributed by atoms with E-state index < -0.39 is 0 Å². The summed E-state index contributed by atoms with van der Waals surface area (Å²) < 4.78 is 0. The predicted octanol–water partition coefficient (Wildman–Crippen LogP) is 1.15. The molecule has 1 N–H and O–H groups in total. The standard InChI is InChI=1S/C7H13N/c1-2-6-3-5-4-7(5)8-6/h5-8H,2-4H2,1H3/t5-,6-,7?/m1/s1. The summed E-state index contributed by atoms with van der Waals surface area (Å²) in [5, 5.41) is 3.58. The van der Waals surface area contributed by atoms with Crippen molar-refractivity contribution in [3.8, 4) is 0 Å². The third kappa shape index (κ3) is 0.576. The zero-order valence-electron chi connectivity index (χ0n) is 5.35. The molecule has 1 aliphatic heterocycles. The van der Waals surface area contributed by atoms with Crippen molar-refractivity contribution in [1.29, 1.82) is 0 Å². The fourth-order valence-corrected chi connectivity index (χ4v) is 1.73. The fourth-order valence-electron chi connectivity index (χ4n) is 1.73. The molecule has 1 heteroatoms. The van der Waals surface area contributed by atoms with E-state index in [0.29, 0.717) is 0 Å². The van der Waals surface area contributed by atoms with E-state index in [4.69, 9.17) is 0 Å². The lowest BCUT2D eigenvalue weighted by molar-refractivity contribution is 0.526. The number of hydrogen-bond acceptors (Lipinski definition) is 1. The van der Waals surface area contributed by atoms with Crippen LogP contribution in [0.1, 0.15) is 26.2 Å². The first kappa shape index (κ1) is 4.80. The summed E-state index contributed by atoms with van der Waals surface area (Å²) in [5.74, 6) is 1.08. The van der Waals surface area contributed by atoms with E-state index in [-0.39, 0.29) is 0 Å². The normalized spacial score (nSPS) is 51.4. The zero-order valence-corrected chi connectivity index (χ0v) is 5.35. The Morgan fingerprint density at radius 1 is 1.50 bits per heavy atom. The molecule has 2 fully saturated rings. The molecule has 0 aromatic heterocycles. The molecule has 2 rings (SSSR count). The zero-order chi connectivity index (χ0) is 5.56. The summed E-state index contributed by atoms with van der Waals surface area (Å²) in [4.78, 5) is 0. The third-order valence-corrected chi connectivity index (χ3v) is 2.45. The second-order valence-electron chi connectivity index (χ2n) is 3.11. The van der Waals surface area contributed by atoms with Crippen LogP contribution in [0.4, 0.5) is 0 Å². The molecule has 0 bridgehead atoms. The smallest absolute Gasteiger partial charge is 0.0102 e. The van der Waals surface area contributed by atoms with Gasteiger partial charge in [0.1, 0.15) is 0 Å². The largest absolute Gasteiger partial charge is 0.311 e. The van der Waals surface area contributed by atoms with E-state index in [1.54, 1.807) is 0 Å². The average Bonchev–Trinajstić information content (AvgIpc) is 2.40. The highest BCUT2D eigenvalue weighted by Crippen LogP contribution is 2.41. The molecule has 1 saturated heterocycles. The quantitative estimate of drug-likeness (QED) is 0.535. The maximum absolute atomic E-state index is 3.58. The summed E-state index contributed by atoms with van der Waals surface area (Å²) in [5.41, 5.74) is 0. The van der Waals surface area contributed by atoms with E-state index in [9.17, 15) is 0 Å². The molecule has 0 aromatic carbocycles. The minimum atomic E-state index is 0.874. The molecule has 46 valence electrons. The summed E-state index contributed by atoms with van der Waals surface area (Å²) in [6, 6.07) is 1.82. The molecule has 0 spiro atoms. The van der Waals surface area contributed by atoms with Crippen molar-refractivity contribution in [3.05, 3.63) is 0 Å². The number of piperidine rings is 1. The SMILES string of the molecule is CC[C@@H]1C[C@@H]2CC2N1. The molecule has 8 heavy (non-hydrogen) atoms. The van der Waals surface area contributed by atoms with Gasteiger partial charge >= 0.3 is 0 Å². The van der Waals surface area contributed by atoms with Gasteiger partial charge in [0, 0.05) is 12.1 Å². The lowest BCUT2D eigenvalue weighted by Gasteiger charge is -2.07. The monoisotopic (exact) mass is 111 g/mol. The van der Waals surface area contributed by atoms with Crippen LogP contribution in [0.3, 0.4) is 0 Å². The molecule has 3 atom stereocenters. The molecular formula is C7H13N. The van der Waals surface area contributed by atoms with Crippen molar-refractivity contribution in [2.24, 2.45) is 5.92 Å². The van der Waals surface area contributed by atoms with Crippen LogP contribution in [-0.2, 0) is 0 Å².